The number of carbonyl (C=O) groups excluding carboxylic acids is 1. The lowest BCUT2D eigenvalue weighted by atomic mass is 10.3. The molecule has 0 saturated heterocycles. The molecule has 0 aliphatic rings. The number of amides is 1. The first kappa shape index (κ1) is 12.5. The van der Waals surface area contributed by atoms with Crippen LogP contribution in [0.3, 0.4) is 0 Å². The number of hydrogen-bond donors (Lipinski definition) is 2. The van der Waals surface area contributed by atoms with E-state index in [1.807, 2.05) is 0 Å². The molecule has 2 N–H and O–H groups in total. The van der Waals surface area contributed by atoms with Crippen molar-refractivity contribution in [3.05, 3.63) is 18.1 Å². The van der Waals surface area contributed by atoms with Gasteiger partial charge in [0.15, 0.2) is 11.9 Å². The predicted octanol–water partition coefficient (Wildman–Crippen LogP) is 0.121. The van der Waals surface area contributed by atoms with Gasteiger partial charge in [-0.1, -0.05) is 0 Å². The summed E-state index contributed by atoms with van der Waals surface area (Å²) in [7, 11) is 0. The Labute approximate surface area is 93.7 Å². The minimum absolute atomic E-state index is 0.0262. The van der Waals surface area contributed by atoms with Crippen molar-refractivity contribution in [3.8, 4) is 0 Å². The zero-order chi connectivity index (χ0) is 12.0. The summed E-state index contributed by atoms with van der Waals surface area (Å²) in [5, 5.41) is 11.8. The van der Waals surface area contributed by atoms with Crippen LogP contribution in [0.5, 0.6) is 0 Å². The van der Waals surface area contributed by atoms with Crippen LogP contribution in [0.2, 0.25) is 0 Å². The molecule has 88 valence electrons. The van der Waals surface area contributed by atoms with Crippen molar-refractivity contribution in [2.45, 2.75) is 20.0 Å². The van der Waals surface area contributed by atoms with Gasteiger partial charge in [-0.25, -0.2) is 4.98 Å². The highest BCUT2D eigenvalue weighted by Crippen LogP contribution is 2.01. The molecule has 0 aromatic carbocycles. The number of nitrogens with one attached hydrogen (secondary N) is 1. The molecule has 6 nitrogen and oxygen atoms in total. The number of aliphatic hydroxyl groups is 1. The van der Waals surface area contributed by atoms with E-state index in [2.05, 4.69) is 15.3 Å². The van der Waals surface area contributed by atoms with E-state index >= 15 is 0 Å². The second-order valence-corrected chi connectivity index (χ2v) is 3.21. The van der Waals surface area contributed by atoms with E-state index in [-0.39, 0.29) is 6.61 Å². The Morgan fingerprint density at radius 1 is 1.56 bits per heavy atom. The average Bonchev–Trinajstić information content (AvgIpc) is 2.29. The normalized spacial score (nSPS) is 12.2. The van der Waals surface area contributed by atoms with Gasteiger partial charge in [0.05, 0.1) is 24.7 Å². The fourth-order valence-corrected chi connectivity index (χ4v) is 0.972. The highest BCUT2D eigenvalue weighted by atomic mass is 16.5. The molecule has 1 unspecified atom stereocenters. The van der Waals surface area contributed by atoms with E-state index in [1.54, 1.807) is 13.8 Å². The Kier molecular flexibility index (Phi) is 4.81. The molecule has 1 aromatic rings. The maximum atomic E-state index is 11.4. The van der Waals surface area contributed by atoms with E-state index in [4.69, 9.17) is 4.74 Å². The maximum absolute atomic E-state index is 11.4. The van der Waals surface area contributed by atoms with Crippen LogP contribution < -0.4 is 5.32 Å². The van der Waals surface area contributed by atoms with Crippen molar-refractivity contribution in [2.75, 3.05) is 18.5 Å². The fraction of sp³-hybridized carbons (Fsp3) is 0.500. The Morgan fingerprint density at radius 2 is 2.31 bits per heavy atom. The molecule has 6 heteroatoms. The Morgan fingerprint density at radius 3 is 2.88 bits per heavy atom. The second-order valence-electron chi connectivity index (χ2n) is 3.21. The average molecular weight is 225 g/mol. The van der Waals surface area contributed by atoms with Crippen LogP contribution in [-0.4, -0.2) is 40.3 Å². The number of aliphatic hydroxyl groups excluding tert-OH is 1. The van der Waals surface area contributed by atoms with Crippen molar-refractivity contribution in [3.63, 3.8) is 0 Å². The fourth-order valence-electron chi connectivity index (χ4n) is 0.972. The van der Waals surface area contributed by atoms with Crippen LogP contribution in [0.25, 0.3) is 0 Å². The number of hydrogen-bond acceptors (Lipinski definition) is 5. The van der Waals surface area contributed by atoms with Crippen LogP contribution >= 0.6 is 0 Å². The number of ether oxygens (including phenoxy) is 1. The molecular weight excluding hydrogens is 210 g/mol. The summed E-state index contributed by atoms with van der Waals surface area (Å²) in [6, 6.07) is 0. The van der Waals surface area contributed by atoms with Gasteiger partial charge in [0, 0.05) is 6.61 Å². The Balaban J connectivity index is 2.47. The topological polar surface area (TPSA) is 84.3 Å². The van der Waals surface area contributed by atoms with Gasteiger partial charge < -0.3 is 15.2 Å². The smallest absolute Gasteiger partial charge is 0.256 e. The van der Waals surface area contributed by atoms with Crippen molar-refractivity contribution >= 4 is 11.7 Å². The van der Waals surface area contributed by atoms with Crippen molar-refractivity contribution in [1.29, 1.82) is 0 Å². The van der Waals surface area contributed by atoms with Gasteiger partial charge in [-0.15, -0.1) is 0 Å². The van der Waals surface area contributed by atoms with Gasteiger partial charge in [-0.05, 0) is 13.8 Å². The molecule has 1 rings (SSSR count). The van der Waals surface area contributed by atoms with E-state index in [9.17, 15) is 9.90 Å². The van der Waals surface area contributed by atoms with Crippen LogP contribution in [0.1, 0.15) is 12.6 Å². The van der Waals surface area contributed by atoms with Gasteiger partial charge in [-0.3, -0.25) is 9.78 Å². The van der Waals surface area contributed by atoms with Crippen molar-refractivity contribution < 1.29 is 14.6 Å². The zero-order valence-corrected chi connectivity index (χ0v) is 9.30. The summed E-state index contributed by atoms with van der Waals surface area (Å²) < 4.78 is 4.93. The highest BCUT2D eigenvalue weighted by Gasteiger charge is 2.15. The summed E-state index contributed by atoms with van der Waals surface area (Å²) in [4.78, 5) is 19.3. The lowest BCUT2D eigenvalue weighted by Crippen LogP contribution is -2.32. The van der Waals surface area contributed by atoms with Crippen LogP contribution in [-0.2, 0) is 9.53 Å². The Hall–Kier alpha value is -1.53. The molecule has 0 bridgehead atoms. The minimum Gasteiger partial charge on any atom is -0.381 e. The van der Waals surface area contributed by atoms with Crippen LogP contribution in [0, 0.1) is 6.92 Å². The quantitative estimate of drug-likeness (QED) is 0.743. The molecule has 0 radical (unpaired) electrons. The molecule has 1 aromatic heterocycles. The lowest BCUT2D eigenvalue weighted by molar-refractivity contribution is -0.126. The molecule has 1 heterocycles. The minimum atomic E-state index is -1.19. The summed E-state index contributed by atoms with van der Waals surface area (Å²) in [5.41, 5.74) is 0.757. The predicted molar refractivity (Wildman–Crippen MR) is 57.9 cm³/mol. The summed E-state index contributed by atoms with van der Waals surface area (Å²) in [6.07, 6.45) is 1.77. The number of anilines is 1. The van der Waals surface area contributed by atoms with Gasteiger partial charge in [0.2, 0.25) is 0 Å². The molecule has 0 saturated carbocycles. The molecule has 0 aliphatic carbocycles. The molecule has 1 atom stereocenters. The van der Waals surface area contributed by atoms with Gasteiger partial charge in [-0.2, -0.15) is 0 Å². The van der Waals surface area contributed by atoms with Gasteiger partial charge in [0.25, 0.3) is 5.91 Å². The number of carbonyl (C=O) groups is 1. The third-order valence-corrected chi connectivity index (χ3v) is 1.81. The van der Waals surface area contributed by atoms with Crippen molar-refractivity contribution in [2.24, 2.45) is 0 Å². The van der Waals surface area contributed by atoms with E-state index in [1.165, 1.54) is 12.4 Å². The Bertz CT molecular complexity index is 340. The molecular formula is C10H15N3O3. The molecule has 0 spiro atoms. The molecule has 1 amide bonds. The summed E-state index contributed by atoms with van der Waals surface area (Å²) in [5.74, 6) is -0.238. The lowest BCUT2D eigenvalue weighted by Gasteiger charge is -2.10. The highest BCUT2D eigenvalue weighted by molar-refractivity contribution is 5.93. The van der Waals surface area contributed by atoms with E-state index < -0.39 is 12.0 Å². The van der Waals surface area contributed by atoms with E-state index in [0.29, 0.717) is 12.4 Å². The van der Waals surface area contributed by atoms with Crippen LogP contribution in [0.4, 0.5) is 5.82 Å². The maximum Gasteiger partial charge on any atom is 0.256 e. The second kappa shape index (κ2) is 6.14. The third-order valence-electron chi connectivity index (χ3n) is 1.81. The number of rotatable bonds is 5. The van der Waals surface area contributed by atoms with Gasteiger partial charge in [0.1, 0.15) is 0 Å². The standard InChI is InChI=1S/C10H15N3O3/c1-3-16-6-8(14)10(15)13-9-5-11-7(2)4-12-9/h4-5,8,14H,3,6H2,1-2H3,(H,12,13,15). The summed E-state index contributed by atoms with van der Waals surface area (Å²) >= 11 is 0. The third kappa shape index (κ3) is 3.92. The first-order valence-corrected chi connectivity index (χ1v) is 4.98. The molecule has 0 fully saturated rings. The zero-order valence-electron chi connectivity index (χ0n) is 9.30. The number of nitrogens with zero attached hydrogens (tertiary/aromatic N) is 2. The molecule has 0 aliphatic heterocycles. The van der Waals surface area contributed by atoms with Gasteiger partial charge >= 0.3 is 0 Å². The molecule has 16 heavy (non-hydrogen) atoms. The summed E-state index contributed by atoms with van der Waals surface area (Å²) in [6.45, 7) is 4.01. The van der Waals surface area contributed by atoms with Crippen molar-refractivity contribution in [1.82, 2.24) is 9.97 Å². The van der Waals surface area contributed by atoms with E-state index in [0.717, 1.165) is 5.69 Å². The monoisotopic (exact) mass is 225 g/mol. The first-order chi connectivity index (χ1) is 7.63. The largest absolute Gasteiger partial charge is 0.381 e. The number of aromatic nitrogens is 2. The number of aryl methyl sites for hydroxylation is 1. The first-order valence-electron chi connectivity index (χ1n) is 4.98. The SMILES string of the molecule is CCOCC(O)C(=O)Nc1cnc(C)cn1. The van der Waals surface area contributed by atoms with Crippen LogP contribution in [0.15, 0.2) is 12.4 Å².